The summed E-state index contributed by atoms with van der Waals surface area (Å²) in [6, 6.07) is 0. The Kier molecular flexibility index (Phi) is 7.44. The Morgan fingerprint density at radius 3 is 1.18 bits per heavy atom. The van der Waals surface area contributed by atoms with Crippen molar-refractivity contribution in [3.05, 3.63) is 0 Å². The maximum absolute atomic E-state index is 11.7. The van der Waals surface area contributed by atoms with E-state index in [4.69, 9.17) is 9.47 Å². The summed E-state index contributed by atoms with van der Waals surface area (Å²) >= 11 is 0. The number of carbonyl (C=O) groups is 2. The lowest BCUT2D eigenvalue weighted by molar-refractivity contribution is -0.00648. The summed E-state index contributed by atoms with van der Waals surface area (Å²) in [7, 11) is 1.35. The summed E-state index contributed by atoms with van der Waals surface area (Å²) in [6.45, 7) is 11.0. The average Bonchev–Trinajstić information content (AvgIpc) is 2.59. The van der Waals surface area contributed by atoms with Crippen molar-refractivity contribution >= 4 is 12.2 Å². The Labute approximate surface area is 171 Å². The van der Waals surface area contributed by atoms with Crippen LogP contribution in [0.4, 0.5) is 9.59 Å². The van der Waals surface area contributed by atoms with Crippen LogP contribution in [0.25, 0.3) is 0 Å². The topological polar surface area (TPSA) is 55.8 Å². The van der Waals surface area contributed by atoms with Gasteiger partial charge in [-0.3, -0.25) is 0 Å². The van der Waals surface area contributed by atoms with Gasteiger partial charge in [0.05, 0.1) is 0 Å². The predicted molar refractivity (Wildman–Crippen MR) is 111 cm³/mol. The zero-order valence-electron chi connectivity index (χ0n) is 19.0. The minimum atomic E-state index is -0.696. The lowest BCUT2D eigenvalue weighted by Crippen LogP contribution is -2.42. The summed E-state index contributed by atoms with van der Waals surface area (Å²) in [5.41, 5.74) is -1.18. The first-order valence-electron chi connectivity index (χ1n) is 11.1. The molecule has 0 spiro atoms. The molecule has 4 rings (SSSR count). The number of rotatable bonds is 4. The Morgan fingerprint density at radius 2 is 0.964 bits per heavy atom. The van der Waals surface area contributed by atoms with Gasteiger partial charge in [0.2, 0.25) is 0 Å². The van der Waals surface area contributed by atoms with E-state index >= 15 is 0 Å². The van der Waals surface area contributed by atoms with Crippen molar-refractivity contribution in [2.75, 3.05) is 7.05 Å². The Hall–Kier alpha value is -1.26. The van der Waals surface area contributed by atoms with Crippen molar-refractivity contribution in [1.29, 1.82) is 0 Å². The zero-order chi connectivity index (χ0) is 21.1. The summed E-state index contributed by atoms with van der Waals surface area (Å²) in [5.74, 6) is 4.71. The number of nitrogens with zero attached hydrogens (tertiary/aromatic N) is 1. The molecule has 0 aromatic carbocycles. The lowest BCUT2D eigenvalue weighted by Gasteiger charge is -2.49. The van der Waals surface area contributed by atoms with Gasteiger partial charge in [0.1, 0.15) is 11.2 Å². The highest BCUT2D eigenvalue weighted by Gasteiger charge is 2.41. The summed E-state index contributed by atoms with van der Waals surface area (Å²) < 4.78 is 10.4. The van der Waals surface area contributed by atoms with E-state index in [2.05, 4.69) is 0 Å². The van der Waals surface area contributed by atoms with Crippen molar-refractivity contribution in [2.24, 2.45) is 23.7 Å². The standard InChI is InChI=1S/C13H25NO4.C10H16/c1-8-12(3,4)17-10(15)14(7)11(16)18-13(5,6)9-2;1-7-2-9-4-8(1)5-10(3-7)6-9/h8-9H2,1-7H3;7-10H,1-6H2. The first kappa shape index (κ1) is 23.0. The average molecular weight is 396 g/mol. The summed E-state index contributed by atoms with van der Waals surface area (Å²) in [6.07, 6.45) is 9.57. The first-order valence-corrected chi connectivity index (χ1v) is 11.1. The number of hydrogen-bond acceptors (Lipinski definition) is 4. The molecule has 0 unspecified atom stereocenters. The van der Waals surface area contributed by atoms with Crippen molar-refractivity contribution in [3.8, 4) is 0 Å². The molecule has 5 heteroatoms. The second-order valence-electron chi connectivity index (χ2n) is 10.4. The van der Waals surface area contributed by atoms with Gasteiger partial charge in [0.25, 0.3) is 0 Å². The third-order valence-electron chi connectivity index (χ3n) is 6.98. The molecule has 4 saturated carbocycles. The number of imide groups is 1. The summed E-state index contributed by atoms with van der Waals surface area (Å²) in [5, 5.41) is 0. The molecule has 0 atom stereocenters. The number of ether oxygens (including phenoxy) is 2. The zero-order valence-corrected chi connectivity index (χ0v) is 19.0. The molecule has 4 fully saturated rings. The third-order valence-corrected chi connectivity index (χ3v) is 6.98. The fraction of sp³-hybridized carbons (Fsp3) is 0.913. The van der Waals surface area contributed by atoms with Gasteiger partial charge in [0.15, 0.2) is 0 Å². The van der Waals surface area contributed by atoms with Gasteiger partial charge < -0.3 is 9.47 Å². The minimum Gasteiger partial charge on any atom is -0.443 e. The van der Waals surface area contributed by atoms with E-state index < -0.39 is 23.4 Å². The van der Waals surface area contributed by atoms with Gasteiger partial charge in [-0.2, -0.15) is 0 Å². The molecule has 2 amide bonds. The molecule has 0 aromatic rings. The predicted octanol–water partition coefficient (Wildman–Crippen LogP) is 6.40. The number of amides is 2. The molecule has 0 aliphatic heterocycles. The molecular formula is C23H41NO4. The molecule has 0 saturated heterocycles. The molecule has 5 nitrogen and oxygen atoms in total. The highest BCUT2D eigenvalue weighted by Crippen LogP contribution is 2.53. The fourth-order valence-corrected chi connectivity index (χ4v) is 4.81. The third kappa shape index (κ3) is 6.38. The van der Waals surface area contributed by atoms with E-state index in [-0.39, 0.29) is 0 Å². The van der Waals surface area contributed by atoms with E-state index in [1.807, 2.05) is 13.8 Å². The van der Waals surface area contributed by atoms with E-state index in [0.29, 0.717) is 12.8 Å². The highest BCUT2D eigenvalue weighted by molar-refractivity contribution is 5.87. The Bertz CT molecular complexity index is 468. The second-order valence-corrected chi connectivity index (χ2v) is 10.4. The number of carbonyl (C=O) groups excluding carboxylic acids is 2. The van der Waals surface area contributed by atoms with Gasteiger partial charge in [0, 0.05) is 7.05 Å². The van der Waals surface area contributed by atoms with Crippen LogP contribution in [-0.4, -0.2) is 35.3 Å². The van der Waals surface area contributed by atoms with Crippen molar-refractivity contribution in [1.82, 2.24) is 4.90 Å². The van der Waals surface area contributed by atoms with Gasteiger partial charge in [-0.1, -0.05) is 13.8 Å². The van der Waals surface area contributed by atoms with Crippen LogP contribution in [0.2, 0.25) is 0 Å². The minimum absolute atomic E-state index is 0.591. The molecule has 0 aromatic heterocycles. The molecule has 4 bridgehead atoms. The summed E-state index contributed by atoms with van der Waals surface area (Å²) in [4.78, 5) is 24.3. The van der Waals surface area contributed by atoms with E-state index in [9.17, 15) is 9.59 Å². The van der Waals surface area contributed by atoms with Crippen LogP contribution in [0.5, 0.6) is 0 Å². The Morgan fingerprint density at radius 1 is 0.714 bits per heavy atom. The molecular weight excluding hydrogens is 354 g/mol. The fourth-order valence-electron chi connectivity index (χ4n) is 4.81. The van der Waals surface area contributed by atoms with Crippen molar-refractivity contribution in [3.63, 3.8) is 0 Å². The number of hydrogen-bond donors (Lipinski definition) is 0. The molecule has 28 heavy (non-hydrogen) atoms. The smallest absolute Gasteiger partial charge is 0.419 e. The molecule has 4 aliphatic rings. The highest BCUT2D eigenvalue weighted by atomic mass is 16.6. The molecule has 0 N–H and O–H groups in total. The monoisotopic (exact) mass is 395 g/mol. The van der Waals surface area contributed by atoms with Crippen LogP contribution in [0, 0.1) is 23.7 Å². The van der Waals surface area contributed by atoms with Gasteiger partial charge >= 0.3 is 12.2 Å². The van der Waals surface area contributed by atoms with Crippen LogP contribution in [0.3, 0.4) is 0 Å². The lowest BCUT2D eigenvalue weighted by atomic mass is 9.56. The van der Waals surface area contributed by atoms with E-state index in [1.165, 1.54) is 30.7 Å². The van der Waals surface area contributed by atoms with E-state index in [1.54, 1.807) is 66.2 Å². The van der Waals surface area contributed by atoms with Crippen LogP contribution in [-0.2, 0) is 9.47 Å². The van der Waals surface area contributed by atoms with Crippen LogP contribution in [0.1, 0.15) is 92.9 Å². The van der Waals surface area contributed by atoms with Crippen molar-refractivity contribution < 1.29 is 19.1 Å². The molecule has 162 valence electrons. The quantitative estimate of drug-likeness (QED) is 0.552. The van der Waals surface area contributed by atoms with Crippen molar-refractivity contribution in [2.45, 2.75) is 104 Å². The molecule has 0 radical (unpaired) electrons. The molecule has 0 heterocycles. The first-order chi connectivity index (χ1) is 12.9. The SMILES string of the molecule is C1C2CC3CC1CC(C2)C3.CCC(C)(C)OC(=O)N(C)C(=O)OC(C)(C)CC. The maximum atomic E-state index is 11.7. The second kappa shape index (κ2) is 9.04. The van der Waals surface area contributed by atoms with Crippen LogP contribution >= 0.6 is 0 Å². The van der Waals surface area contributed by atoms with Crippen LogP contribution in [0.15, 0.2) is 0 Å². The van der Waals surface area contributed by atoms with E-state index in [0.717, 1.165) is 4.90 Å². The van der Waals surface area contributed by atoms with Crippen LogP contribution < -0.4 is 0 Å². The Balaban J connectivity index is 0.000000229. The van der Waals surface area contributed by atoms with Gasteiger partial charge in [-0.05, 0) is 103 Å². The largest absolute Gasteiger partial charge is 0.443 e. The van der Waals surface area contributed by atoms with Gasteiger partial charge in [-0.15, -0.1) is 0 Å². The molecule has 4 aliphatic carbocycles. The van der Waals surface area contributed by atoms with Gasteiger partial charge in [-0.25, -0.2) is 14.5 Å². The normalized spacial score (nSPS) is 28.2. The maximum Gasteiger partial charge on any atom is 0.419 e.